The van der Waals surface area contributed by atoms with Gasteiger partial charge in [0.15, 0.2) is 5.16 Å². The third-order valence-electron chi connectivity index (χ3n) is 4.75. The van der Waals surface area contributed by atoms with Gasteiger partial charge in [-0.1, -0.05) is 53.2 Å². The van der Waals surface area contributed by atoms with Crippen LogP contribution >= 0.6 is 11.8 Å². The Labute approximate surface area is 192 Å². The maximum Gasteiger partial charge on any atom is 0.234 e. The Hall–Kier alpha value is -3.39. The van der Waals surface area contributed by atoms with Gasteiger partial charge >= 0.3 is 0 Å². The van der Waals surface area contributed by atoms with Gasteiger partial charge in [0.2, 0.25) is 11.8 Å². The molecule has 0 aliphatic rings. The summed E-state index contributed by atoms with van der Waals surface area (Å²) in [4.78, 5) is 24.9. The molecule has 3 rings (SSSR count). The molecule has 0 spiro atoms. The molecule has 166 valence electrons. The first kappa shape index (κ1) is 23.3. The number of nitrogens with one attached hydrogen (secondary N) is 2. The average molecular weight is 450 g/mol. The van der Waals surface area contributed by atoms with Crippen molar-refractivity contribution in [3.8, 4) is 0 Å². The predicted molar refractivity (Wildman–Crippen MR) is 129 cm³/mol. The van der Waals surface area contributed by atoms with Crippen molar-refractivity contribution in [3.05, 3.63) is 77.6 Å². The number of aromatic nitrogens is 3. The van der Waals surface area contributed by atoms with Crippen LogP contribution in [-0.2, 0) is 22.6 Å². The number of allylic oxidation sites excluding steroid dienone is 1. The Kier molecular flexibility index (Phi) is 7.83. The average Bonchev–Trinajstić information content (AvgIpc) is 3.12. The molecular weight excluding hydrogens is 422 g/mol. The lowest BCUT2D eigenvalue weighted by atomic mass is 10.1. The van der Waals surface area contributed by atoms with Gasteiger partial charge in [0.25, 0.3) is 0 Å². The van der Waals surface area contributed by atoms with Crippen molar-refractivity contribution in [1.82, 2.24) is 14.8 Å². The highest BCUT2D eigenvalue weighted by atomic mass is 32.2. The molecule has 0 fully saturated rings. The van der Waals surface area contributed by atoms with Gasteiger partial charge in [-0.2, -0.15) is 0 Å². The molecule has 0 unspecified atom stereocenters. The number of carbonyl (C=O) groups excluding carboxylic acids is 2. The van der Waals surface area contributed by atoms with Gasteiger partial charge in [-0.25, -0.2) is 0 Å². The minimum Gasteiger partial charge on any atom is -0.325 e. The quantitative estimate of drug-likeness (QED) is 0.376. The number of thioether (sulfide) groups is 1. The highest BCUT2D eigenvalue weighted by molar-refractivity contribution is 7.99. The first-order valence-corrected chi connectivity index (χ1v) is 11.2. The summed E-state index contributed by atoms with van der Waals surface area (Å²) in [6.45, 7) is 10.2. The van der Waals surface area contributed by atoms with E-state index >= 15 is 0 Å². The lowest BCUT2D eigenvalue weighted by Gasteiger charge is -2.10. The van der Waals surface area contributed by atoms with Gasteiger partial charge in [-0.15, -0.1) is 16.8 Å². The summed E-state index contributed by atoms with van der Waals surface area (Å²) in [7, 11) is 0. The summed E-state index contributed by atoms with van der Waals surface area (Å²) < 4.78 is 1.80. The Balaban J connectivity index is 1.62. The molecule has 2 N–H and O–H groups in total. The molecule has 8 heteroatoms. The van der Waals surface area contributed by atoms with E-state index < -0.39 is 0 Å². The van der Waals surface area contributed by atoms with Crippen molar-refractivity contribution in [3.63, 3.8) is 0 Å². The molecule has 32 heavy (non-hydrogen) atoms. The molecule has 0 saturated carbocycles. The topological polar surface area (TPSA) is 88.9 Å². The molecule has 0 radical (unpaired) electrons. The van der Waals surface area contributed by atoms with Crippen LogP contribution < -0.4 is 10.6 Å². The SMILES string of the molecule is C=CCn1c(CC(=O)Nc2ccc(C)cc2C)nnc1SCC(=O)Nc1ccc(C)cc1. The Morgan fingerprint density at radius 1 is 1.00 bits per heavy atom. The van der Waals surface area contributed by atoms with Crippen molar-refractivity contribution < 1.29 is 9.59 Å². The first-order valence-electron chi connectivity index (χ1n) is 10.2. The van der Waals surface area contributed by atoms with Gasteiger partial charge in [0, 0.05) is 17.9 Å². The van der Waals surface area contributed by atoms with Crippen LogP contribution in [-0.4, -0.2) is 32.3 Å². The smallest absolute Gasteiger partial charge is 0.234 e. The Morgan fingerprint density at radius 2 is 1.72 bits per heavy atom. The maximum atomic E-state index is 12.6. The predicted octanol–water partition coefficient (Wildman–Crippen LogP) is 4.30. The summed E-state index contributed by atoms with van der Waals surface area (Å²) in [6, 6.07) is 13.5. The van der Waals surface area contributed by atoms with Crippen molar-refractivity contribution in [1.29, 1.82) is 0 Å². The van der Waals surface area contributed by atoms with E-state index in [0.717, 1.165) is 28.1 Å². The second kappa shape index (κ2) is 10.8. The molecule has 1 aromatic heterocycles. The van der Waals surface area contributed by atoms with Crippen LogP contribution in [0.15, 0.2) is 60.3 Å². The normalized spacial score (nSPS) is 10.6. The van der Waals surface area contributed by atoms with Gasteiger partial charge in [0.1, 0.15) is 5.82 Å². The Bertz CT molecular complexity index is 1120. The zero-order valence-electron chi connectivity index (χ0n) is 18.5. The van der Waals surface area contributed by atoms with E-state index in [1.807, 2.05) is 63.2 Å². The fraction of sp³-hybridized carbons (Fsp3) is 0.250. The number of nitrogens with zero attached hydrogens (tertiary/aromatic N) is 3. The standard InChI is InChI=1S/C24H27N5O2S/c1-5-12-29-21(14-22(30)26-20-11-8-17(3)13-18(20)4)27-28-24(29)32-15-23(31)25-19-9-6-16(2)7-10-19/h5-11,13H,1,12,14-15H2,2-4H3,(H,25,31)(H,26,30). The van der Waals surface area contributed by atoms with E-state index in [4.69, 9.17) is 0 Å². The number of rotatable bonds is 9. The van der Waals surface area contributed by atoms with Crippen LogP contribution in [0.2, 0.25) is 0 Å². The van der Waals surface area contributed by atoms with Crippen LogP contribution in [0.25, 0.3) is 0 Å². The number of amides is 2. The van der Waals surface area contributed by atoms with E-state index in [1.165, 1.54) is 11.8 Å². The minimum atomic E-state index is -0.177. The van der Waals surface area contributed by atoms with Crippen LogP contribution in [0.1, 0.15) is 22.5 Å². The van der Waals surface area contributed by atoms with Crippen LogP contribution in [0.5, 0.6) is 0 Å². The van der Waals surface area contributed by atoms with E-state index in [-0.39, 0.29) is 24.0 Å². The monoisotopic (exact) mass is 449 g/mol. The number of carbonyl (C=O) groups is 2. The molecule has 2 aromatic carbocycles. The molecule has 0 atom stereocenters. The fourth-order valence-electron chi connectivity index (χ4n) is 3.12. The molecule has 7 nitrogen and oxygen atoms in total. The van der Waals surface area contributed by atoms with E-state index in [9.17, 15) is 9.59 Å². The van der Waals surface area contributed by atoms with Crippen molar-refractivity contribution in [2.45, 2.75) is 38.9 Å². The summed E-state index contributed by atoms with van der Waals surface area (Å²) in [5.74, 6) is 0.385. The highest BCUT2D eigenvalue weighted by Crippen LogP contribution is 2.20. The molecule has 0 bridgehead atoms. The number of hydrogen-bond acceptors (Lipinski definition) is 5. The zero-order valence-corrected chi connectivity index (χ0v) is 19.3. The van der Waals surface area contributed by atoms with Crippen LogP contribution in [0.4, 0.5) is 11.4 Å². The molecular formula is C24H27N5O2S. The van der Waals surface area contributed by atoms with Gasteiger partial charge in [-0.3, -0.25) is 9.59 Å². The number of hydrogen-bond donors (Lipinski definition) is 2. The fourth-order valence-corrected chi connectivity index (χ4v) is 3.89. The number of anilines is 2. The van der Waals surface area contributed by atoms with Crippen LogP contribution in [0.3, 0.4) is 0 Å². The van der Waals surface area contributed by atoms with Gasteiger partial charge < -0.3 is 15.2 Å². The summed E-state index contributed by atoms with van der Waals surface area (Å²) in [6.07, 6.45) is 1.79. The van der Waals surface area contributed by atoms with Gasteiger partial charge in [-0.05, 0) is 44.5 Å². The van der Waals surface area contributed by atoms with Gasteiger partial charge in [0.05, 0.1) is 12.2 Å². The molecule has 1 heterocycles. The third-order valence-corrected chi connectivity index (χ3v) is 5.71. The summed E-state index contributed by atoms with van der Waals surface area (Å²) in [5.41, 5.74) is 4.79. The third kappa shape index (κ3) is 6.31. The minimum absolute atomic E-state index is 0.0737. The van der Waals surface area contributed by atoms with E-state index in [0.29, 0.717) is 17.5 Å². The molecule has 0 aliphatic heterocycles. The van der Waals surface area contributed by atoms with Crippen LogP contribution in [0, 0.1) is 20.8 Å². The summed E-state index contributed by atoms with van der Waals surface area (Å²) >= 11 is 1.27. The second-order valence-electron chi connectivity index (χ2n) is 7.54. The lowest BCUT2D eigenvalue weighted by molar-refractivity contribution is -0.116. The van der Waals surface area contributed by atoms with E-state index in [2.05, 4.69) is 27.4 Å². The first-order chi connectivity index (χ1) is 15.4. The molecule has 0 saturated heterocycles. The summed E-state index contributed by atoms with van der Waals surface area (Å²) in [5, 5.41) is 14.7. The van der Waals surface area contributed by atoms with Crippen molar-refractivity contribution in [2.24, 2.45) is 0 Å². The van der Waals surface area contributed by atoms with Crippen molar-refractivity contribution >= 4 is 35.0 Å². The molecule has 3 aromatic rings. The largest absolute Gasteiger partial charge is 0.325 e. The molecule has 2 amide bonds. The lowest BCUT2D eigenvalue weighted by Crippen LogP contribution is -2.18. The highest BCUT2D eigenvalue weighted by Gasteiger charge is 2.17. The molecule has 0 aliphatic carbocycles. The second-order valence-corrected chi connectivity index (χ2v) is 8.49. The maximum absolute atomic E-state index is 12.6. The van der Waals surface area contributed by atoms with E-state index in [1.54, 1.807) is 10.6 Å². The zero-order chi connectivity index (χ0) is 23.1. The number of benzene rings is 2. The Morgan fingerprint density at radius 3 is 2.41 bits per heavy atom. The number of aryl methyl sites for hydroxylation is 3. The van der Waals surface area contributed by atoms with Crippen molar-refractivity contribution in [2.75, 3.05) is 16.4 Å².